The predicted molar refractivity (Wildman–Crippen MR) is 54.8 cm³/mol. The SMILES string of the molecule is Cc1cc(C=CC(=O)O)ccc1C(=O)O. The van der Waals surface area contributed by atoms with Crippen LogP contribution in [-0.2, 0) is 4.79 Å². The molecule has 0 saturated carbocycles. The standard InChI is InChI=1S/C11H10O4/c1-7-6-8(3-5-10(12)13)2-4-9(7)11(14)15/h2-6H,1H3,(H,12,13)(H,14,15). The number of hydrogen-bond donors (Lipinski definition) is 2. The largest absolute Gasteiger partial charge is 0.478 e. The second kappa shape index (κ2) is 4.41. The number of carbonyl (C=O) groups is 2. The fourth-order valence-corrected chi connectivity index (χ4v) is 1.20. The Morgan fingerprint density at radius 2 is 1.93 bits per heavy atom. The first-order valence-corrected chi connectivity index (χ1v) is 4.25. The molecule has 0 unspecified atom stereocenters. The zero-order valence-electron chi connectivity index (χ0n) is 8.10. The summed E-state index contributed by atoms with van der Waals surface area (Å²) < 4.78 is 0. The molecule has 0 radical (unpaired) electrons. The van der Waals surface area contributed by atoms with Gasteiger partial charge in [0.2, 0.25) is 0 Å². The minimum Gasteiger partial charge on any atom is -0.478 e. The van der Waals surface area contributed by atoms with Gasteiger partial charge in [-0.05, 0) is 30.2 Å². The lowest BCUT2D eigenvalue weighted by molar-refractivity contribution is -0.131. The quantitative estimate of drug-likeness (QED) is 0.739. The molecule has 78 valence electrons. The monoisotopic (exact) mass is 206 g/mol. The molecule has 0 aromatic heterocycles. The van der Waals surface area contributed by atoms with E-state index in [-0.39, 0.29) is 5.56 Å². The van der Waals surface area contributed by atoms with Crippen LogP contribution in [0, 0.1) is 6.92 Å². The highest BCUT2D eigenvalue weighted by Gasteiger charge is 2.05. The van der Waals surface area contributed by atoms with Gasteiger partial charge in [-0.25, -0.2) is 9.59 Å². The van der Waals surface area contributed by atoms with Gasteiger partial charge in [0, 0.05) is 6.08 Å². The van der Waals surface area contributed by atoms with Crippen LogP contribution in [0.5, 0.6) is 0 Å². The molecule has 0 fully saturated rings. The van der Waals surface area contributed by atoms with Gasteiger partial charge in [0.05, 0.1) is 5.56 Å². The molecule has 0 amide bonds. The van der Waals surface area contributed by atoms with Crippen molar-refractivity contribution in [1.82, 2.24) is 0 Å². The summed E-state index contributed by atoms with van der Waals surface area (Å²) in [7, 11) is 0. The third kappa shape index (κ3) is 2.95. The van der Waals surface area contributed by atoms with E-state index in [1.54, 1.807) is 19.1 Å². The van der Waals surface area contributed by atoms with Crippen LogP contribution in [0.4, 0.5) is 0 Å². The molecule has 0 saturated heterocycles. The fourth-order valence-electron chi connectivity index (χ4n) is 1.20. The van der Waals surface area contributed by atoms with Gasteiger partial charge in [-0.1, -0.05) is 12.1 Å². The molecule has 4 heteroatoms. The van der Waals surface area contributed by atoms with Gasteiger partial charge in [0.1, 0.15) is 0 Å². The van der Waals surface area contributed by atoms with Crippen LogP contribution in [0.15, 0.2) is 24.3 Å². The van der Waals surface area contributed by atoms with E-state index in [9.17, 15) is 9.59 Å². The number of hydrogen-bond acceptors (Lipinski definition) is 2. The van der Waals surface area contributed by atoms with E-state index in [4.69, 9.17) is 10.2 Å². The maximum atomic E-state index is 10.7. The molecule has 2 N–H and O–H groups in total. The van der Waals surface area contributed by atoms with Crippen molar-refractivity contribution in [3.63, 3.8) is 0 Å². The van der Waals surface area contributed by atoms with Crippen molar-refractivity contribution in [2.24, 2.45) is 0 Å². The van der Waals surface area contributed by atoms with E-state index in [1.165, 1.54) is 12.1 Å². The number of rotatable bonds is 3. The van der Waals surface area contributed by atoms with Gasteiger partial charge in [0.15, 0.2) is 0 Å². The molecule has 1 aromatic carbocycles. The Balaban J connectivity index is 3.01. The van der Waals surface area contributed by atoms with Crippen LogP contribution in [0.3, 0.4) is 0 Å². The lowest BCUT2D eigenvalue weighted by Crippen LogP contribution is -1.99. The Morgan fingerprint density at radius 3 is 2.40 bits per heavy atom. The average Bonchev–Trinajstić information content (AvgIpc) is 2.14. The summed E-state index contributed by atoms with van der Waals surface area (Å²) in [5.41, 5.74) is 1.50. The second-order valence-corrected chi connectivity index (χ2v) is 3.05. The molecule has 0 spiro atoms. The third-order valence-electron chi connectivity index (χ3n) is 1.90. The maximum Gasteiger partial charge on any atom is 0.335 e. The van der Waals surface area contributed by atoms with E-state index in [0.717, 1.165) is 6.08 Å². The van der Waals surface area contributed by atoms with Gasteiger partial charge >= 0.3 is 11.9 Å². The van der Waals surface area contributed by atoms with Crippen molar-refractivity contribution < 1.29 is 19.8 Å². The van der Waals surface area contributed by atoms with Crippen LogP contribution in [0.1, 0.15) is 21.5 Å². The highest BCUT2D eigenvalue weighted by Crippen LogP contribution is 2.12. The lowest BCUT2D eigenvalue weighted by Gasteiger charge is -2.01. The van der Waals surface area contributed by atoms with Crippen LogP contribution in [0.25, 0.3) is 6.08 Å². The Morgan fingerprint density at radius 1 is 1.27 bits per heavy atom. The lowest BCUT2D eigenvalue weighted by atomic mass is 10.1. The Bertz CT molecular complexity index is 432. The number of benzene rings is 1. The number of aryl methyl sites for hydroxylation is 1. The number of carboxylic acids is 2. The smallest absolute Gasteiger partial charge is 0.335 e. The van der Waals surface area contributed by atoms with E-state index >= 15 is 0 Å². The summed E-state index contributed by atoms with van der Waals surface area (Å²) in [6.07, 6.45) is 2.43. The molecule has 15 heavy (non-hydrogen) atoms. The summed E-state index contributed by atoms with van der Waals surface area (Å²) in [6.45, 7) is 1.67. The zero-order chi connectivity index (χ0) is 11.4. The van der Waals surface area contributed by atoms with Gasteiger partial charge in [-0.3, -0.25) is 0 Å². The number of carboxylic acid groups (broad SMARTS) is 2. The molecule has 1 rings (SSSR count). The molecule has 1 aromatic rings. The van der Waals surface area contributed by atoms with E-state index < -0.39 is 11.9 Å². The summed E-state index contributed by atoms with van der Waals surface area (Å²) in [5, 5.41) is 17.2. The minimum absolute atomic E-state index is 0.225. The van der Waals surface area contributed by atoms with Crippen molar-refractivity contribution in [3.05, 3.63) is 41.0 Å². The molecule has 0 bridgehead atoms. The summed E-state index contributed by atoms with van der Waals surface area (Å²) in [5.74, 6) is -2.02. The summed E-state index contributed by atoms with van der Waals surface area (Å²) in [6, 6.07) is 4.65. The Hall–Kier alpha value is -2.10. The summed E-state index contributed by atoms with van der Waals surface area (Å²) in [4.78, 5) is 20.9. The molecule has 0 heterocycles. The first kappa shape index (κ1) is 11.0. The van der Waals surface area contributed by atoms with Crippen LogP contribution < -0.4 is 0 Å². The van der Waals surface area contributed by atoms with Crippen molar-refractivity contribution in [3.8, 4) is 0 Å². The minimum atomic E-state index is -1.03. The normalized spacial score (nSPS) is 10.5. The third-order valence-corrected chi connectivity index (χ3v) is 1.90. The Labute approximate surface area is 86.5 Å². The van der Waals surface area contributed by atoms with Gasteiger partial charge in [-0.2, -0.15) is 0 Å². The first-order valence-electron chi connectivity index (χ1n) is 4.25. The van der Waals surface area contributed by atoms with Crippen LogP contribution in [0.2, 0.25) is 0 Å². The van der Waals surface area contributed by atoms with Crippen molar-refractivity contribution in [2.45, 2.75) is 6.92 Å². The van der Waals surface area contributed by atoms with Crippen molar-refractivity contribution in [2.75, 3.05) is 0 Å². The van der Waals surface area contributed by atoms with Crippen LogP contribution >= 0.6 is 0 Å². The van der Waals surface area contributed by atoms with Gasteiger partial charge in [-0.15, -0.1) is 0 Å². The number of aromatic carboxylic acids is 1. The summed E-state index contributed by atoms with van der Waals surface area (Å²) >= 11 is 0. The highest BCUT2D eigenvalue weighted by molar-refractivity contribution is 5.90. The molecular weight excluding hydrogens is 196 g/mol. The average molecular weight is 206 g/mol. The van der Waals surface area contributed by atoms with Gasteiger partial charge in [0.25, 0.3) is 0 Å². The zero-order valence-corrected chi connectivity index (χ0v) is 8.10. The van der Waals surface area contributed by atoms with Crippen LogP contribution in [-0.4, -0.2) is 22.2 Å². The topological polar surface area (TPSA) is 74.6 Å². The van der Waals surface area contributed by atoms with Crippen molar-refractivity contribution >= 4 is 18.0 Å². The molecule has 0 atom stereocenters. The molecule has 0 aliphatic rings. The fraction of sp³-hybridized carbons (Fsp3) is 0.0909. The van der Waals surface area contributed by atoms with E-state index in [2.05, 4.69) is 0 Å². The number of aliphatic carboxylic acids is 1. The molecular formula is C11H10O4. The first-order chi connectivity index (χ1) is 7.00. The second-order valence-electron chi connectivity index (χ2n) is 3.05. The highest BCUT2D eigenvalue weighted by atomic mass is 16.4. The molecule has 0 aliphatic heterocycles. The predicted octanol–water partition coefficient (Wildman–Crippen LogP) is 1.79. The Kier molecular flexibility index (Phi) is 3.23. The maximum absolute atomic E-state index is 10.7. The molecule has 0 aliphatic carbocycles. The van der Waals surface area contributed by atoms with E-state index in [0.29, 0.717) is 11.1 Å². The van der Waals surface area contributed by atoms with Crippen molar-refractivity contribution in [1.29, 1.82) is 0 Å². The van der Waals surface area contributed by atoms with E-state index in [1.807, 2.05) is 0 Å². The van der Waals surface area contributed by atoms with Gasteiger partial charge < -0.3 is 10.2 Å². The molecule has 4 nitrogen and oxygen atoms in total.